The minimum atomic E-state index is 0.0901. The van der Waals surface area contributed by atoms with Crippen molar-refractivity contribution in [2.24, 2.45) is 5.92 Å². The molecule has 1 amide bonds. The van der Waals surface area contributed by atoms with Crippen LogP contribution in [0.25, 0.3) is 17.0 Å². The van der Waals surface area contributed by atoms with Crippen LogP contribution in [0.15, 0.2) is 70.6 Å². The van der Waals surface area contributed by atoms with Gasteiger partial charge in [-0.2, -0.15) is 0 Å². The normalized spacial score (nSPS) is 12.2. The summed E-state index contributed by atoms with van der Waals surface area (Å²) in [4.78, 5) is 17.4. The van der Waals surface area contributed by atoms with E-state index in [9.17, 15) is 4.79 Å². The van der Waals surface area contributed by atoms with Crippen LogP contribution in [0.1, 0.15) is 65.2 Å². The Kier molecular flexibility index (Phi) is 9.01. The largest absolute Gasteiger partial charge is 0.326 e. The first kappa shape index (κ1) is 25.0. The Balaban J connectivity index is 1.37. The van der Waals surface area contributed by atoms with Crippen molar-refractivity contribution >= 4 is 29.0 Å². The molecular formula is C28H35N5OS. The molecule has 184 valence electrons. The van der Waals surface area contributed by atoms with Gasteiger partial charge in [0.1, 0.15) is 5.03 Å². The Morgan fingerprint density at radius 1 is 0.943 bits per heavy atom. The van der Waals surface area contributed by atoms with E-state index in [1.54, 1.807) is 16.4 Å². The fraction of sp³-hybridized carbons (Fsp3) is 0.393. The number of amides is 1. The van der Waals surface area contributed by atoms with Crippen molar-refractivity contribution in [3.8, 4) is 11.4 Å². The summed E-state index contributed by atoms with van der Waals surface area (Å²) in [5.74, 6) is 0.980. The number of aromatic nitrogens is 4. The third-order valence-electron chi connectivity index (χ3n) is 6.18. The van der Waals surface area contributed by atoms with Gasteiger partial charge in [-0.25, -0.2) is 0 Å². The van der Waals surface area contributed by atoms with Gasteiger partial charge in [-0.3, -0.25) is 4.79 Å². The molecule has 35 heavy (non-hydrogen) atoms. The number of unbranched alkanes of at least 4 members (excludes halogenated alkanes) is 4. The molecule has 0 aliphatic rings. The fourth-order valence-electron chi connectivity index (χ4n) is 4.17. The second kappa shape index (κ2) is 12.6. The van der Waals surface area contributed by atoms with Crippen molar-refractivity contribution in [2.75, 3.05) is 5.32 Å². The number of aromatic amines is 1. The molecule has 2 aromatic carbocycles. The van der Waals surface area contributed by atoms with Gasteiger partial charge in [0.2, 0.25) is 5.91 Å². The molecule has 0 aliphatic carbocycles. The first-order valence-electron chi connectivity index (χ1n) is 12.8. The van der Waals surface area contributed by atoms with E-state index in [2.05, 4.69) is 46.5 Å². The molecule has 0 saturated carbocycles. The Morgan fingerprint density at radius 3 is 2.40 bits per heavy atom. The van der Waals surface area contributed by atoms with E-state index in [4.69, 9.17) is 0 Å². The van der Waals surface area contributed by atoms with Gasteiger partial charge in [0, 0.05) is 28.1 Å². The van der Waals surface area contributed by atoms with Crippen LogP contribution < -0.4 is 5.32 Å². The summed E-state index contributed by atoms with van der Waals surface area (Å²) in [5.41, 5.74) is 2.62. The highest BCUT2D eigenvalue weighted by atomic mass is 32.2. The average Bonchev–Trinajstić information content (AvgIpc) is 3.43. The molecule has 6 nitrogen and oxygen atoms in total. The smallest absolute Gasteiger partial charge is 0.227 e. The van der Waals surface area contributed by atoms with Crippen LogP contribution in [0.5, 0.6) is 0 Å². The molecular weight excluding hydrogens is 454 g/mol. The van der Waals surface area contributed by atoms with E-state index in [0.29, 0.717) is 0 Å². The minimum Gasteiger partial charge on any atom is -0.326 e. The van der Waals surface area contributed by atoms with Crippen LogP contribution in [0, 0.1) is 5.92 Å². The molecule has 0 saturated heterocycles. The Hall–Kier alpha value is -3.06. The summed E-state index contributed by atoms with van der Waals surface area (Å²) in [7, 11) is 0. The van der Waals surface area contributed by atoms with Crippen LogP contribution in [-0.4, -0.2) is 25.7 Å². The number of rotatable bonds is 13. The number of fused-ring (bicyclic) bond motifs is 1. The van der Waals surface area contributed by atoms with Crippen LogP contribution in [0.3, 0.4) is 0 Å². The molecule has 0 bridgehead atoms. The molecule has 2 heterocycles. The summed E-state index contributed by atoms with van der Waals surface area (Å²) in [6.45, 7) is 4.40. The number of carbonyl (C=O) groups is 1. The minimum absolute atomic E-state index is 0.0901. The highest BCUT2D eigenvalue weighted by molar-refractivity contribution is 7.99. The lowest BCUT2D eigenvalue weighted by atomic mass is 9.94. The Labute approximate surface area is 211 Å². The highest BCUT2D eigenvalue weighted by Gasteiger charge is 2.18. The number of benzene rings is 2. The predicted octanol–water partition coefficient (Wildman–Crippen LogP) is 7.59. The zero-order valence-corrected chi connectivity index (χ0v) is 21.5. The second-order valence-corrected chi connectivity index (χ2v) is 10.1. The molecule has 1 unspecified atom stereocenters. The topological polar surface area (TPSA) is 75.1 Å². The number of nitrogens with zero attached hydrogens (tertiary/aromatic N) is 3. The maximum absolute atomic E-state index is 12.9. The van der Waals surface area contributed by atoms with E-state index < -0.39 is 0 Å². The monoisotopic (exact) mass is 489 g/mol. The van der Waals surface area contributed by atoms with Gasteiger partial charge in [0.05, 0.1) is 0 Å². The Bertz CT molecular complexity index is 1170. The van der Waals surface area contributed by atoms with Gasteiger partial charge < -0.3 is 10.3 Å². The lowest BCUT2D eigenvalue weighted by Crippen LogP contribution is -2.23. The van der Waals surface area contributed by atoms with Crippen LogP contribution in [0.2, 0.25) is 0 Å². The first-order chi connectivity index (χ1) is 17.2. The number of anilines is 1. The molecule has 0 aliphatic heterocycles. The van der Waals surface area contributed by atoms with E-state index in [0.717, 1.165) is 64.7 Å². The van der Waals surface area contributed by atoms with Crippen LogP contribution >= 0.6 is 11.8 Å². The van der Waals surface area contributed by atoms with Crippen molar-refractivity contribution in [3.05, 3.63) is 60.7 Å². The van der Waals surface area contributed by atoms with Gasteiger partial charge >= 0.3 is 0 Å². The van der Waals surface area contributed by atoms with E-state index >= 15 is 0 Å². The van der Waals surface area contributed by atoms with Gasteiger partial charge in [0.15, 0.2) is 11.5 Å². The average molecular weight is 490 g/mol. The molecule has 2 N–H and O–H groups in total. The molecule has 4 aromatic rings. The number of hydrogen-bond acceptors (Lipinski definition) is 4. The molecule has 0 fully saturated rings. The highest BCUT2D eigenvalue weighted by Crippen LogP contribution is 2.28. The molecule has 4 rings (SSSR count). The van der Waals surface area contributed by atoms with Crippen molar-refractivity contribution in [3.63, 3.8) is 0 Å². The van der Waals surface area contributed by atoms with Gasteiger partial charge in [-0.15, -0.1) is 14.8 Å². The second-order valence-electron chi connectivity index (χ2n) is 9.00. The van der Waals surface area contributed by atoms with E-state index in [1.807, 2.05) is 48.5 Å². The number of H-pyrrole nitrogens is 1. The quantitative estimate of drug-likeness (QED) is 0.190. The van der Waals surface area contributed by atoms with Gasteiger partial charge in [-0.1, -0.05) is 82.3 Å². The molecule has 2 aromatic heterocycles. The third-order valence-corrected chi connectivity index (χ3v) is 7.10. The van der Waals surface area contributed by atoms with Crippen molar-refractivity contribution in [1.82, 2.24) is 19.8 Å². The molecule has 1 atom stereocenters. The SMILES string of the molecule is CCCCCCC(CCCC)C(=O)Nc1ccc(-c2nn3nc(Sc4ccccc4)cc3[nH]2)cc1. The van der Waals surface area contributed by atoms with Crippen molar-refractivity contribution in [1.29, 1.82) is 0 Å². The lowest BCUT2D eigenvalue weighted by Gasteiger charge is -2.16. The summed E-state index contributed by atoms with van der Waals surface area (Å²) >= 11 is 1.61. The number of nitrogens with one attached hydrogen (secondary N) is 2. The van der Waals surface area contributed by atoms with Crippen LogP contribution in [-0.2, 0) is 4.79 Å². The maximum Gasteiger partial charge on any atom is 0.227 e. The first-order valence-corrected chi connectivity index (χ1v) is 13.6. The molecule has 7 heteroatoms. The molecule has 0 radical (unpaired) electrons. The van der Waals surface area contributed by atoms with Gasteiger partial charge in [0.25, 0.3) is 0 Å². The summed E-state index contributed by atoms with van der Waals surface area (Å²) < 4.78 is 1.63. The fourth-order valence-corrected chi connectivity index (χ4v) is 5.00. The van der Waals surface area contributed by atoms with E-state index in [1.165, 1.54) is 19.3 Å². The number of carbonyl (C=O) groups excluding carboxylic acids is 1. The zero-order valence-electron chi connectivity index (χ0n) is 20.7. The maximum atomic E-state index is 12.9. The van der Waals surface area contributed by atoms with Crippen molar-refractivity contribution in [2.45, 2.75) is 75.1 Å². The third kappa shape index (κ3) is 6.98. The lowest BCUT2D eigenvalue weighted by molar-refractivity contribution is -0.120. The summed E-state index contributed by atoms with van der Waals surface area (Å²) in [5, 5.41) is 13.2. The zero-order chi connectivity index (χ0) is 24.5. The summed E-state index contributed by atoms with van der Waals surface area (Å²) in [6, 6.07) is 20.0. The summed E-state index contributed by atoms with van der Waals surface area (Å²) in [6.07, 6.45) is 8.94. The van der Waals surface area contributed by atoms with Crippen molar-refractivity contribution < 1.29 is 4.79 Å². The van der Waals surface area contributed by atoms with Gasteiger partial charge in [-0.05, 0) is 49.2 Å². The number of hydrogen-bond donors (Lipinski definition) is 2. The van der Waals surface area contributed by atoms with Crippen LogP contribution in [0.4, 0.5) is 5.69 Å². The molecule has 0 spiro atoms. The standard InChI is InChI=1S/C28H35N5OS/c1-3-5-7-9-13-22(12-6-4-2)28(34)29-23-18-16-21(17-19-23)27-30-25-20-26(31-33(25)32-27)35-24-14-10-8-11-15-24/h8,10-11,14-20,22H,3-7,9,12-13H2,1-2H3,(H,29,34)(H,30,32). The Morgan fingerprint density at radius 2 is 1.69 bits per heavy atom. The van der Waals surface area contributed by atoms with E-state index in [-0.39, 0.29) is 11.8 Å². The predicted molar refractivity (Wildman–Crippen MR) is 144 cm³/mol.